The van der Waals surface area contributed by atoms with Gasteiger partial charge in [0, 0.05) is 0 Å². The first kappa shape index (κ1) is 36.4. The molecule has 57 heavy (non-hydrogen) atoms. The molecule has 8 aromatic carbocycles. The van der Waals surface area contributed by atoms with Crippen LogP contribution in [0.3, 0.4) is 0 Å². The lowest BCUT2D eigenvalue weighted by Gasteiger charge is -2.32. The first-order valence-corrected chi connectivity index (χ1v) is 19.8. The molecule has 0 unspecified atom stereocenters. The molecule has 1 heterocycles. The average Bonchev–Trinajstić information content (AvgIpc) is 3.50. The maximum absolute atomic E-state index is 6.64. The fraction of sp³-hybridized carbons (Fsp3) is 0.111. The summed E-state index contributed by atoms with van der Waals surface area (Å²) < 4.78 is 13.3. The summed E-state index contributed by atoms with van der Waals surface area (Å²) in [5.74, 6) is 0. The Labute approximate surface area is 337 Å². The van der Waals surface area contributed by atoms with Gasteiger partial charge in [0.15, 0.2) is 0 Å². The van der Waals surface area contributed by atoms with Gasteiger partial charge in [-0.1, -0.05) is 170 Å². The Balaban J connectivity index is 1.08. The topological polar surface area (TPSA) is 18.5 Å². The predicted molar refractivity (Wildman–Crippen MR) is 240 cm³/mol. The zero-order chi connectivity index (χ0) is 39.0. The van der Waals surface area contributed by atoms with Gasteiger partial charge in [0.25, 0.3) is 0 Å². The van der Waals surface area contributed by atoms with Crippen LogP contribution in [-0.4, -0.2) is 18.3 Å². The van der Waals surface area contributed by atoms with Crippen molar-refractivity contribution in [1.29, 1.82) is 0 Å². The fourth-order valence-corrected chi connectivity index (χ4v) is 7.73. The summed E-state index contributed by atoms with van der Waals surface area (Å²) in [7, 11) is -0.492. The third-order valence-electron chi connectivity index (χ3n) is 11.7. The van der Waals surface area contributed by atoms with Crippen molar-refractivity contribution in [3.8, 4) is 77.9 Å². The Morgan fingerprint density at radius 1 is 0.263 bits per heavy atom. The zero-order valence-electron chi connectivity index (χ0n) is 32.9. The quantitative estimate of drug-likeness (QED) is 0.145. The molecule has 0 bridgehead atoms. The largest absolute Gasteiger partial charge is 0.494 e. The molecule has 3 heteroatoms. The summed E-state index contributed by atoms with van der Waals surface area (Å²) in [5, 5.41) is 0. The monoisotopic (exact) mass is 736 g/mol. The lowest BCUT2D eigenvalue weighted by atomic mass is 9.76. The molecule has 1 saturated heterocycles. The molecule has 276 valence electrons. The number of hydrogen-bond acceptors (Lipinski definition) is 2. The molecule has 0 atom stereocenters. The van der Waals surface area contributed by atoms with Gasteiger partial charge in [-0.3, -0.25) is 0 Å². The highest BCUT2D eigenvalue weighted by Gasteiger charge is 2.51. The van der Waals surface area contributed by atoms with Gasteiger partial charge in [-0.05, 0) is 141 Å². The lowest BCUT2D eigenvalue weighted by Crippen LogP contribution is -2.41. The van der Waals surface area contributed by atoms with E-state index in [2.05, 4.69) is 228 Å². The van der Waals surface area contributed by atoms with Crippen LogP contribution in [0.25, 0.3) is 77.9 Å². The first-order chi connectivity index (χ1) is 27.7. The fourth-order valence-electron chi connectivity index (χ4n) is 7.73. The molecule has 1 fully saturated rings. The van der Waals surface area contributed by atoms with Crippen molar-refractivity contribution in [2.45, 2.75) is 38.9 Å². The van der Waals surface area contributed by atoms with E-state index in [0.29, 0.717) is 0 Å². The molecule has 0 N–H and O–H groups in total. The van der Waals surface area contributed by atoms with E-state index in [1.807, 2.05) is 0 Å². The smallest absolute Gasteiger partial charge is 0.399 e. The van der Waals surface area contributed by atoms with Crippen LogP contribution < -0.4 is 5.46 Å². The molecule has 0 aromatic heterocycles. The first-order valence-electron chi connectivity index (χ1n) is 19.8. The Hall–Kier alpha value is -6.26. The van der Waals surface area contributed by atoms with Crippen molar-refractivity contribution >= 4 is 12.6 Å². The summed E-state index contributed by atoms with van der Waals surface area (Å²) in [6.07, 6.45) is 0. The van der Waals surface area contributed by atoms with Gasteiger partial charge in [0.1, 0.15) is 0 Å². The highest BCUT2D eigenvalue weighted by Crippen LogP contribution is 2.38. The zero-order valence-corrected chi connectivity index (χ0v) is 32.9. The molecule has 0 aliphatic carbocycles. The Morgan fingerprint density at radius 2 is 0.509 bits per heavy atom. The van der Waals surface area contributed by atoms with Crippen molar-refractivity contribution in [2.75, 3.05) is 0 Å². The molecule has 0 saturated carbocycles. The molecular weight excluding hydrogens is 691 g/mol. The normalized spacial score (nSPS) is 14.4. The summed E-state index contributed by atoms with van der Waals surface area (Å²) in [6.45, 7) is 8.44. The van der Waals surface area contributed by atoms with E-state index in [0.717, 1.165) is 33.3 Å². The van der Waals surface area contributed by atoms with Crippen molar-refractivity contribution in [1.82, 2.24) is 0 Å². The predicted octanol–water partition coefficient (Wildman–Crippen LogP) is 13.7. The third kappa shape index (κ3) is 7.53. The molecule has 1 aliphatic heterocycles. The van der Waals surface area contributed by atoms with Crippen LogP contribution >= 0.6 is 0 Å². The van der Waals surface area contributed by atoms with Crippen LogP contribution in [0, 0.1) is 0 Å². The summed E-state index contributed by atoms with van der Waals surface area (Å²) >= 11 is 0. The van der Waals surface area contributed by atoms with Crippen LogP contribution in [0.2, 0.25) is 0 Å². The molecule has 2 nitrogen and oxygen atoms in total. The van der Waals surface area contributed by atoms with E-state index in [1.54, 1.807) is 0 Å². The van der Waals surface area contributed by atoms with Crippen molar-refractivity contribution < 1.29 is 9.31 Å². The number of benzene rings is 8. The minimum absolute atomic E-state index is 0.453. The second kappa shape index (κ2) is 15.0. The Kier molecular flexibility index (Phi) is 9.58. The summed E-state index contributed by atoms with van der Waals surface area (Å²) in [4.78, 5) is 0. The van der Waals surface area contributed by atoms with Gasteiger partial charge in [-0.25, -0.2) is 0 Å². The van der Waals surface area contributed by atoms with Crippen LogP contribution in [0.15, 0.2) is 200 Å². The lowest BCUT2D eigenvalue weighted by molar-refractivity contribution is 0.00578. The van der Waals surface area contributed by atoms with Crippen LogP contribution in [0.5, 0.6) is 0 Å². The molecule has 9 rings (SSSR count). The van der Waals surface area contributed by atoms with E-state index >= 15 is 0 Å². The van der Waals surface area contributed by atoms with Crippen LogP contribution in [0.1, 0.15) is 27.7 Å². The number of rotatable bonds is 8. The summed E-state index contributed by atoms with van der Waals surface area (Å²) in [6, 6.07) is 72.1. The van der Waals surface area contributed by atoms with Crippen molar-refractivity contribution in [3.63, 3.8) is 0 Å². The van der Waals surface area contributed by atoms with Crippen molar-refractivity contribution in [3.05, 3.63) is 200 Å². The molecule has 0 radical (unpaired) electrons. The van der Waals surface area contributed by atoms with Gasteiger partial charge in [-0.2, -0.15) is 0 Å². The van der Waals surface area contributed by atoms with E-state index in [4.69, 9.17) is 9.31 Å². The Bertz CT molecular complexity index is 2660. The van der Waals surface area contributed by atoms with Gasteiger partial charge in [0.05, 0.1) is 11.2 Å². The van der Waals surface area contributed by atoms with Gasteiger partial charge in [0.2, 0.25) is 0 Å². The van der Waals surface area contributed by atoms with Gasteiger partial charge >= 0.3 is 7.12 Å². The molecule has 1 aliphatic rings. The van der Waals surface area contributed by atoms with E-state index in [9.17, 15) is 0 Å². The highest BCUT2D eigenvalue weighted by atomic mass is 16.7. The van der Waals surface area contributed by atoms with E-state index < -0.39 is 18.3 Å². The average molecular weight is 737 g/mol. The molecule has 8 aromatic rings. The highest BCUT2D eigenvalue weighted by molar-refractivity contribution is 6.62. The second-order valence-electron chi connectivity index (χ2n) is 16.1. The van der Waals surface area contributed by atoms with Gasteiger partial charge < -0.3 is 9.31 Å². The van der Waals surface area contributed by atoms with Crippen molar-refractivity contribution in [2.24, 2.45) is 0 Å². The molecule has 0 spiro atoms. The van der Waals surface area contributed by atoms with Gasteiger partial charge in [-0.15, -0.1) is 0 Å². The maximum atomic E-state index is 6.64. The van der Waals surface area contributed by atoms with E-state index in [-0.39, 0.29) is 0 Å². The maximum Gasteiger partial charge on any atom is 0.494 e. The number of hydrogen-bond donors (Lipinski definition) is 0. The minimum atomic E-state index is -0.492. The molecular formula is C54H45BO2. The second-order valence-corrected chi connectivity index (χ2v) is 16.1. The molecule has 0 amide bonds. The van der Waals surface area contributed by atoms with Crippen LogP contribution in [-0.2, 0) is 9.31 Å². The SMILES string of the molecule is CC1(C)OB(c2cc(-c3cccc(-c4ccc(-c5ccccc5)cc4)c3)cc(-c3cccc(-c4cccc(-c5cccc(-c6ccccc6)c5)c4)c3)c2)OC1(C)C. The van der Waals surface area contributed by atoms with E-state index in [1.165, 1.54) is 50.1 Å². The standard InChI is InChI=1S/C54H45BO2/c1-53(2)54(3,4)57-55(56-53)52-36-50(48-25-12-20-43(32-48)41-29-27-40(28-30-41)38-15-7-5-8-16-38)35-51(37-52)49-26-14-24-47(34-49)46-23-13-22-45(33-46)44-21-11-19-42(31-44)39-17-9-6-10-18-39/h5-37H,1-4H3. The Morgan fingerprint density at radius 3 is 0.877 bits per heavy atom. The minimum Gasteiger partial charge on any atom is -0.399 e. The third-order valence-corrected chi connectivity index (χ3v) is 11.7. The van der Waals surface area contributed by atoms with Crippen LogP contribution in [0.4, 0.5) is 0 Å². The summed E-state index contributed by atoms with van der Waals surface area (Å²) in [5.41, 5.74) is 16.5.